The van der Waals surface area contributed by atoms with Crippen molar-refractivity contribution in [3.8, 4) is 0 Å². The molecule has 1 aromatic heterocycles. The molecule has 1 aliphatic carbocycles. The molecule has 0 atom stereocenters. The van der Waals surface area contributed by atoms with E-state index in [-0.39, 0.29) is 0 Å². The minimum atomic E-state index is 0.435. The highest BCUT2D eigenvalue weighted by atomic mass is 16.5. The molecule has 1 aliphatic heterocycles. The van der Waals surface area contributed by atoms with Crippen LogP contribution in [0, 0.1) is 6.92 Å². The van der Waals surface area contributed by atoms with Crippen molar-refractivity contribution in [3.63, 3.8) is 0 Å². The van der Waals surface area contributed by atoms with Crippen LogP contribution in [0.15, 0.2) is 29.7 Å². The Balaban J connectivity index is 1.53. The summed E-state index contributed by atoms with van der Waals surface area (Å²) in [4.78, 5) is 15.8. The van der Waals surface area contributed by atoms with Crippen molar-refractivity contribution < 1.29 is 4.74 Å². The van der Waals surface area contributed by atoms with E-state index in [1.54, 1.807) is 25.8 Å². The van der Waals surface area contributed by atoms with E-state index in [2.05, 4.69) is 38.2 Å². The number of morpholine rings is 1. The van der Waals surface area contributed by atoms with Crippen LogP contribution in [0.3, 0.4) is 0 Å². The number of nitrogens with one attached hydrogen (secondary N) is 1. The first-order valence-corrected chi connectivity index (χ1v) is 10.9. The molecule has 7 nitrogen and oxygen atoms in total. The van der Waals surface area contributed by atoms with Crippen LogP contribution in [-0.2, 0) is 4.74 Å². The summed E-state index contributed by atoms with van der Waals surface area (Å²) in [5, 5.41) is 4.79. The van der Waals surface area contributed by atoms with E-state index >= 15 is 0 Å². The van der Waals surface area contributed by atoms with Crippen LogP contribution < -0.4 is 11.1 Å². The number of anilines is 1. The second kappa shape index (κ2) is 9.53. The fourth-order valence-corrected chi connectivity index (χ4v) is 4.80. The van der Waals surface area contributed by atoms with Crippen molar-refractivity contribution in [3.05, 3.63) is 35.8 Å². The normalized spacial score (nSPS) is 23.9. The Morgan fingerprint density at radius 3 is 2.67 bits per heavy atom. The summed E-state index contributed by atoms with van der Waals surface area (Å²) < 4.78 is 5.50. The summed E-state index contributed by atoms with van der Waals surface area (Å²) in [5.41, 5.74) is 9.88. The molecule has 3 N–H and O–H groups in total. The number of hydrogen-bond donors (Lipinski definition) is 2. The monoisotopic (exact) mass is 408 g/mol. The van der Waals surface area contributed by atoms with Gasteiger partial charge >= 0.3 is 0 Å². The molecule has 30 heavy (non-hydrogen) atoms. The van der Waals surface area contributed by atoms with Crippen molar-refractivity contribution in [1.82, 2.24) is 14.9 Å². The summed E-state index contributed by atoms with van der Waals surface area (Å²) in [6, 6.07) is 5.22. The molecule has 0 unspecified atom stereocenters. The van der Waals surface area contributed by atoms with Gasteiger partial charge < -0.3 is 15.8 Å². The van der Waals surface area contributed by atoms with Crippen LogP contribution in [0.5, 0.6) is 0 Å². The Labute approximate surface area is 178 Å². The number of aryl methyl sites for hydroxylation is 1. The van der Waals surface area contributed by atoms with E-state index in [4.69, 9.17) is 10.5 Å². The van der Waals surface area contributed by atoms with Gasteiger partial charge in [0.15, 0.2) is 0 Å². The number of benzene rings is 1. The lowest BCUT2D eigenvalue weighted by Gasteiger charge is -2.39. The number of hydrogen-bond acceptors (Lipinski definition) is 7. The fraction of sp³-hybridized carbons (Fsp3) is 0.522. The third kappa shape index (κ3) is 4.32. The standard InChI is InChI=1S/C23H32N6O/c1-16-20(17(13-24)14-25-2)7-8-21-22(16)23(27-15-26-21)28-18-3-5-19(6-4-18)29-9-11-30-12-10-29/h7-8,13-15,18-19H,3-6,9-12,24H2,1-2H3,(H,26,27,28). The van der Waals surface area contributed by atoms with Crippen molar-refractivity contribution in [1.29, 1.82) is 0 Å². The smallest absolute Gasteiger partial charge is 0.137 e. The van der Waals surface area contributed by atoms with Crippen LogP contribution >= 0.6 is 0 Å². The molecular formula is C23H32N6O. The number of fused-ring (bicyclic) bond motifs is 1. The summed E-state index contributed by atoms with van der Waals surface area (Å²) in [6.07, 6.45) is 9.79. The van der Waals surface area contributed by atoms with Gasteiger partial charge in [-0.2, -0.15) is 0 Å². The Morgan fingerprint density at radius 1 is 1.20 bits per heavy atom. The van der Waals surface area contributed by atoms with Crippen molar-refractivity contribution in [2.75, 3.05) is 38.7 Å². The minimum absolute atomic E-state index is 0.435. The Kier molecular flexibility index (Phi) is 6.59. The molecule has 0 radical (unpaired) electrons. The minimum Gasteiger partial charge on any atom is -0.404 e. The zero-order valence-corrected chi connectivity index (χ0v) is 18.0. The molecule has 2 aromatic rings. The van der Waals surface area contributed by atoms with E-state index in [1.807, 2.05) is 6.07 Å². The van der Waals surface area contributed by atoms with E-state index in [0.29, 0.717) is 12.1 Å². The highest BCUT2D eigenvalue weighted by Gasteiger charge is 2.27. The predicted molar refractivity (Wildman–Crippen MR) is 123 cm³/mol. The quantitative estimate of drug-likeness (QED) is 0.740. The van der Waals surface area contributed by atoms with Gasteiger partial charge in [0.05, 0.1) is 18.7 Å². The van der Waals surface area contributed by atoms with Gasteiger partial charge in [-0.3, -0.25) is 9.89 Å². The lowest BCUT2D eigenvalue weighted by atomic mass is 9.89. The number of nitrogens with two attached hydrogens (primary N) is 1. The van der Waals surface area contributed by atoms with E-state index in [1.165, 1.54) is 12.8 Å². The molecule has 0 bridgehead atoms. The molecule has 4 rings (SSSR count). The molecular weight excluding hydrogens is 376 g/mol. The summed E-state index contributed by atoms with van der Waals surface area (Å²) in [6.45, 7) is 5.98. The summed E-state index contributed by atoms with van der Waals surface area (Å²) in [7, 11) is 1.75. The number of aliphatic imine (C=N–C) groups is 1. The maximum absolute atomic E-state index is 5.85. The molecule has 1 saturated carbocycles. The summed E-state index contributed by atoms with van der Waals surface area (Å²) >= 11 is 0. The zero-order valence-electron chi connectivity index (χ0n) is 18.0. The van der Waals surface area contributed by atoms with Gasteiger partial charge in [0, 0.05) is 55.6 Å². The molecule has 2 fully saturated rings. The van der Waals surface area contributed by atoms with Gasteiger partial charge in [0.25, 0.3) is 0 Å². The average Bonchev–Trinajstić information content (AvgIpc) is 2.79. The molecule has 2 heterocycles. The fourth-order valence-electron chi connectivity index (χ4n) is 4.80. The maximum atomic E-state index is 5.85. The molecule has 0 amide bonds. The Hall–Kier alpha value is -2.51. The Bertz CT molecular complexity index is 927. The first-order valence-electron chi connectivity index (χ1n) is 10.9. The number of aromatic nitrogens is 2. The lowest BCUT2D eigenvalue weighted by Crippen LogP contribution is -2.46. The van der Waals surface area contributed by atoms with Crippen LogP contribution in [0.2, 0.25) is 0 Å². The van der Waals surface area contributed by atoms with Crippen molar-refractivity contribution >= 4 is 28.5 Å². The lowest BCUT2D eigenvalue weighted by molar-refractivity contribution is 0.00791. The SMILES string of the molecule is CN=CC(=CN)c1ccc2ncnc(NC3CCC(N4CCOCC4)CC3)c2c1C. The highest BCUT2D eigenvalue weighted by Crippen LogP contribution is 2.32. The number of allylic oxidation sites excluding steroid dienone is 1. The first kappa shape index (κ1) is 20.8. The van der Waals surface area contributed by atoms with Crippen molar-refractivity contribution in [2.45, 2.75) is 44.7 Å². The second-order valence-corrected chi connectivity index (χ2v) is 8.16. The maximum Gasteiger partial charge on any atom is 0.137 e. The number of nitrogens with zero attached hydrogens (tertiary/aromatic N) is 4. The molecule has 1 saturated heterocycles. The summed E-state index contributed by atoms with van der Waals surface area (Å²) in [5.74, 6) is 0.916. The third-order valence-corrected chi connectivity index (χ3v) is 6.42. The Morgan fingerprint density at radius 2 is 1.97 bits per heavy atom. The highest BCUT2D eigenvalue weighted by molar-refractivity contribution is 6.12. The van der Waals surface area contributed by atoms with Crippen LogP contribution in [0.1, 0.15) is 36.8 Å². The van der Waals surface area contributed by atoms with Gasteiger partial charge in [-0.15, -0.1) is 0 Å². The molecule has 0 spiro atoms. The largest absolute Gasteiger partial charge is 0.404 e. The van der Waals surface area contributed by atoms with Gasteiger partial charge in [-0.25, -0.2) is 9.97 Å². The van der Waals surface area contributed by atoms with Crippen LogP contribution in [0.25, 0.3) is 16.5 Å². The molecule has 160 valence electrons. The van der Waals surface area contributed by atoms with Crippen LogP contribution in [0.4, 0.5) is 5.82 Å². The molecule has 7 heteroatoms. The van der Waals surface area contributed by atoms with Gasteiger partial charge in [0.1, 0.15) is 12.1 Å². The van der Waals surface area contributed by atoms with Crippen LogP contribution in [-0.4, -0.2) is 66.5 Å². The third-order valence-electron chi connectivity index (χ3n) is 6.42. The average molecular weight is 409 g/mol. The van der Waals surface area contributed by atoms with E-state index in [0.717, 1.165) is 72.6 Å². The van der Waals surface area contributed by atoms with Gasteiger partial charge in [0.2, 0.25) is 0 Å². The molecule has 2 aliphatic rings. The zero-order chi connectivity index (χ0) is 20.9. The predicted octanol–water partition coefficient (Wildman–Crippen LogP) is 2.99. The topological polar surface area (TPSA) is 88.7 Å². The molecule has 1 aromatic carbocycles. The van der Waals surface area contributed by atoms with Gasteiger partial charge in [-0.05, 0) is 49.8 Å². The van der Waals surface area contributed by atoms with E-state index in [9.17, 15) is 0 Å². The number of ether oxygens (including phenoxy) is 1. The first-order chi connectivity index (χ1) is 14.7. The number of rotatable bonds is 5. The second-order valence-electron chi connectivity index (χ2n) is 8.16. The van der Waals surface area contributed by atoms with E-state index < -0.39 is 0 Å². The van der Waals surface area contributed by atoms with Gasteiger partial charge in [-0.1, -0.05) is 6.07 Å². The van der Waals surface area contributed by atoms with Crippen molar-refractivity contribution in [2.24, 2.45) is 10.7 Å².